The van der Waals surface area contributed by atoms with Gasteiger partial charge in [0.15, 0.2) is 0 Å². The zero-order chi connectivity index (χ0) is 25.6. The van der Waals surface area contributed by atoms with Crippen LogP contribution in [0.3, 0.4) is 0 Å². The molecule has 1 aliphatic heterocycles. The van der Waals surface area contributed by atoms with Gasteiger partial charge in [0.2, 0.25) is 5.91 Å². The van der Waals surface area contributed by atoms with Gasteiger partial charge in [-0.3, -0.25) is 4.79 Å². The van der Waals surface area contributed by atoms with Gasteiger partial charge in [-0.05, 0) is 97.5 Å². The predicted molar refractivity (Wildman–Crippen MR) is 149 cm³/mol. The lowest BCUT2D eigenvalue weighted by Crippen LogP contribution is -2.62. The van der Waals surface area contributed by atoms with E-state index in [-0.39, 0.29) is 6.10 Å². The lowest BCUT2D eigenvalue weighted by molar-refractivity contribution is -0.161. The van der Waals surface area contributed by atoms with Crippen molar-refractivity contribution in [3.8, 4) is 0 Å². The van der Waals surface area contributed by atoms with Gasteiger partial charge in [0.25, 0.3) is 0 Å². The van der Waals surface area contributed by atoms with Crippen molar-refractivity contribution in [2.24, 2.45) is 34.5 Å². The molecule has 2 aromatic carbocycles. The predicted octanol–water partition coefficient (Wildman–Crippen LogP) is 7.66. The monoisotopic (exact) mass is 499 g/mol. The molecule has 2 aromatic rings. The van der Waals surface area contributed by atoms with Crippen LogP contribution in [-0.4, -0.2) is 30.0 Å². The molecule has 3 saturated carbocycles. The van der Waals surface area contributed by atoms with Gasteiger partial charge in [-0.15, -0.1) is 0 Å². The van der Waals surface area contributed by atoms with Crippen LogP contribution in [0.2, 0.25) is 0 Å². The fourth-order valence-electron chi connectivity index (χ4n) is 9.63. The van der Waals surface area contributed by atoms with Gasteiger partial charge in [0, 0.05) is 19.0 Å². The van der Waals surface area contributed by atoms with Crippen LogP contribution in [0.5, 0.6) is 0 Å². The maximum atomic E-state index is 12.7. The Hall–Kier alpha value is -2.13. The number of piperidine rings is 1. The zero-order valence-electron chi connectivity index (χ0n) is 23.1. The van der Waals surface area contributed by atoms with Crippen LogP contribution in [0.1, 0.15) is 89.4 Å². The molecule has 3 aliphatic carbocycles. The number of benzene rings is 2. The minimum atomic E-state index is -0.00413. The molecular weight excluding hydrogens is 454 g/mol. The van der Waals surface area contributed by atoms with Crippen molar-refractivity contribution < 1.29 is 9.53 Å². The molecular formula is C34H45NO2. The summed E-state index contributed by atoms with van der Waals surface area (Å²) in [7, 11) is 0. The summed E-state index contributed by atoms with van der Waals surface area (Å²) in [6.45, 7) is 9.05. The van der Waals surface area contributed by atoms with Gasteiger partial charge in [-0.1, -0.05) is 74.5 Å². The van der Waals surface area contributed by atoms with Crippen LogP contribution in [0, 0.1) is 34.5 Å². The molecule has 37 heavy (non-hydrogen) atoms. The molecule has 0 spiro atoms. The summed E-state index contributed by atoms with van der Waals surface area (Å²) in [5.41, 5.74) is 3.16. The lowest BCUT2D eigenvalue weighted by Gasteiger charge is -2.62. The Labute approximate surface area is 224 Å². The maximum absolute atomic E-state index is 12.7. The molecule has 3 heteroatoms. The van der Waals surface area contributed by atoms with E-state index in [1.165, 1.54) is 49.7 Å². The number of carbonyl (C=O) groups excluding carboxylic acids is 1. The van der Waals surface area contributed by atoms with Crippen LogP contribution in [0.25, 0.3) is 0 Å². The minimum absolute atomic E-state index is 0.00413. The molecule has 2 unspecified atom stereocenters. The summed E-state index contributed by atoms with van der Waals surface area (Å²) in [5.74, 6) is 3.41. The van der Waals surface area contributed by atoms with E-state index in [1.807, 2.05) is 0 Å². The van der Waals surface area contributed by atoms with Gasteiger partial charge in [-0.25, -0.2) is 0 Å². The number of hydrogen-bond donors (Lipinski definition) is 0. The Bertz CT molecular complexity index is 1050. The number of fused-ring (bicyclic) bond motifs is 5. The van der Waals surface area contributed by atoms with Crippen molar-refractivity contribution in [2.75, 3.05) is 13.2 Å². The molecule has 6 rings (SSSR count). The third-order valence-corrected chi connectivity index (χ3v) is 11.6. The van der Waals surface area contributed by atoms with E-state index in [2.05, 4.69) is 86.3 Å². The first-order chi connectivity index (χ1) is 18.0. The molecule has 1 amide bonds. The van der Waals surface area contributed by atoms with E-state index >= 15 is 0 Å². The number of hydrogen-bond acceptors (Lipinski definition) is 2. The molecule has 0 N–H and O–H groups in total. The molecule has 0 radical (unpaired) electrons. The van der Waals surface area contributed by atoms with Crippen LogP contribution in [0.15, 0.2) is 60.7 Å². The number of ether oxygens (including phenoxy) is 1. The molecule has 0 aromatic heterocycles. The van der Waals surface area contributed by atoms with Crippen molar-refractivity contribution >= 4 is 5.91 Å². The van der Waals surface area contributed by atoms with E-state index in [1.54, 1.807) is 0 Å². The second-order valence-electron chi connectivity index (χ2n) is 13.0. The smallest absolute Gasteiger partial charge is 0.222 e. The van der Waals surface area contributed by atoms with E-state index in [9.17, 15) is 4.79 Å². The average molecular weight is 500 g/mol. The third-order valence-electron chi connectivity index (χ3n) is 11.6. The standard InChI is InChI=1S/C34H45NO2/c1-4-35-30-18-16-27-28-17-15-26(33(28,2)21-19-29(27)34(30,3)22-20-31(35)36)23-37-32(24-11-7-5-8-12-24)25-13-9-6-10-14-25/h5-14,26-30,32H,4,15-23H2,1-3H3/t26?,27-,28-,29+,30?,33+,34+/m0/s1. The molecule has 3 nitrogen and oxygen atoms in total. The Kier molecular flexibility index (Phi) is 6.72. The fourth-order valence-corrected chi connectivity index (χ4v) is 9.63. The average Bonchev–Trinajstić information content (AvgIpc) is 3.26. The van der Waals surface area contributed by atoms with Crippen molar-refractivity contribution in [2.45, 2.75) is 84.3 Å². The quantitative estimate of drug-likeness (QED) is 0.408. The summed E-state index contributed by atoms with van der Waals surface area (Å²) in [6, 6.07) is 21.9. The summed E-state index contributed by atoms with van der Waals surface area (Å²) in [4.78, 5) is 14.9. The SMILES string of the molecule is CCN1C(=O)CC[C@@]2(C)C1CC[C@@H]1[C@H]2CC[C@]2(C)C(COC(c3ccccc3)c3ccccc3)CC[C@@H]12. The highest BCUT2D eigenvalue weighted by molar-refractivity contribution is 5.77. The first-order valence-corrected chi connectivity index (χ1v) is 15.0. The number of carbonyl (C=O) groups is 1. The van der Waals surface area contributed by atoms with Gasteiger partial charge in [0.05, 0.1) is 6.61 Å². The second kappa shape index (κ2) is 9.88. The molecule has 0 bridgehead atoms. The van der Waals surface area contributed by atoms with Crippen LogP contribution >= 0.6 is 0 Å². The molecule has 1 heterocycles. The second-order valence-corrected chi connectivity index (χ2v) is 13.0. The van der Waals surface area contributed by atoms with Gasteiger partial charge in [0.1, 0.15) is 6.10 Å². The Morgan fingerprint density at radius 1 is 0.838 bits per heavy atom. The van der Waals surface area contributed by atoms with Crippen molar-refractivity contribution in [3.63, 3.8) is 0 Å². The topological polar surface area (TPSA) is 29.5 Å². The minimum Gasteiger partial charge on any atom is -0.368 e. The van der Waals surface area contributed by atoms with Crippen molar-refractivity contribution in [1.82, 2.24) is 4.90 Å². The maximum Gasteiger partial charge on any atom is 0.222 e. The summed E-state index contributed by atoms with van der Waals surface area (Å²) >= 11 is 0. The van der Waals surface area contributed by atoms with Crippen LogP contribution < -0.4 is 0 Å². The fraction of sp³-hybridized carbons (Fsp3) is 0.618. The first-order valence-electron chi connectivity index (χ1n) is 15.0. The van der Waals surface area contributed by atoms with Crippen LogP contribution in [0.4, 0.5) is 0 Å². The Balaban J connectivity index is 1.19. The molecule has 4 aliphatic rings. The van der Waals surface area contributed by atoms with E-state index in [0.717, 1.165) is 43.7 Å². The zero-order valence-corrected chi connectivity index (χ0v) is 23.1. The normalized spacial score (nSPS) is 37.2. The Morgan fingerprint density at radius 3 is 2.14 bits per heavy atom. The largest absolute Gasteiger partial charge is 0.368 e. The highest BCUT2D eigenvalue weighted by atomic mass is 16.5. The van der Waals surface area contributed by atoms with Crippen LogP contribution in [-0.2, 0) is 9.53 Å². The molecule has 7 atom stereocenters. The van der Waals surface area contributed by atoms with Gasteiger partial charge in [-0.2, -0.15) is 0 Å². The number of rotatable bonds is 6. The van der Waals surface area contributed by atoms with Crippen molar-refractivity contribution in [3.05, 3.63) is 71.8 Å². The van der Waals surface area contributed by atoms with Crippen molar-refractivity contribution in [1.29, 1.82) is 0 Å². The highest BCUT2D eigenvalue weighted by Gasteiger charge is 2.61. The van der Waals surface area contributed by atoms with E-state index in [4.69, 9.17) is 4.74 Å². The molecule has 4 fully saturated rings. The molecule has 1 saturated heterocycles. The number of nitrogens with zero attached hydrogens (tertiary/aromatic N) is 1. The van der Waals surface area contributed by atoms with E-state index in [0.29, 0.717) is 28.7 Å². The lowest BCUT2D eigenvalue weighted by atomic mass is 9.47. The number of amides is 1. The van der Waals surface area contributed by atoms with E-state index < -0.39 is 0 Å². The van der Waals surface area contributed by atoms with Gasteiger partial charge < -0.3 is 9.64 Å². The summed E-state index contributed by atoms with van der Waals surface area (Å²) in [5, 5.41) is 0. The first kappa shape index (κ1) is 25.2. The third kappa shape index (κ3) is 4.17. The highest BCUT2D eigenvalue weighted by Crippen LogP contribution is 2.66. The summed E-state index contributed by atoms with van der Waals surface area (Å²) in [6.07, 6.45) is 9.64. The Morgan fingerprint density at radius 2 is 1.49 bits per heavy atom. The van der Waals surface area contributed by atoms with Gasteiger partial charge >= 0.3 is 0 Å². The number of likely N-dealkylation sites (tertiary alicyclic amines) is 1. The summed E-state index contributed by atoms with van der Waals surface area (Å²) < 4.78 is 6.85. The molecule has 198 valence electrons.